The lowest BCUT2D eigenvalue weighted by atomic mass is 9.95. The lowest BCUT2D eigenvalue weighted by molar-refractivity contribution is -0.132. The highest BCUT2D eigenvalue weighted by molar-refractivity contribution is 7.22. The van der Waals surface area contributed by atoms with Crippen molar-refractivity contribution in [2.24, 2.45) is 0 Å². The number of rotatable bonds is 3. The molecule has 0 bridgehead atoms. The first-order valence-electron chi connectivity index (χ1n) is 10.6. The Balaban J connectivity index is 1.54. The Bertz CT molecular complexity index is 1530. The van der Waals surface area contributed by atoms with Crippen LogP contribution in [0.15, 0.2) is 60.4 Å². The second-order valence-corrected chi connectivity index (χ2v) is 9.52. The minimum atomic E-state index is -0.978. The number of thiazole rings is 1. The molecule has 1 fully saturated rings. The molecule has 4 heterocycles. The molecule has 0 spiro atoms. The number of aliphatic hydroxyl groups is 1. The summed E-state index contributed by atoms with van der Waals surface area (Å²) >= 11 is 6.95. The number of ether oxygens (including phenoxy) is 1. The summed E-state index contributed by atoms with van der Waals surface area (Å²) in [5, 5.41) is 11.4. The summed E-state index contributed by atoms with van der Waals surface area (Å²) < 4.78 is 20.0. The molecular formula is C25H15ClFN3O4S. The van der Waals surface area contributed by atoms with Gasteiger partial charge in [-0.15, -0.1) is 0 Å². The van der Waals surface area contributed by atoms with Crippen LogP contribution in [0.5, 0.6) is 5.75 Å². The minimum Gasteiger partial charge on any atom is -0.507 e. The molecule has 1 atom stereocenters. The number of aliphatic hydroxyl groups excluding tert-OH is 1. The topological polar surface area (TPSA) is 92.6 Å². The van der Waals surface area contributed by atoms with E-state index in [9.17, 15) is 19.1 Å². The van der Waals surface area contributed by atoms with Gasteiger partial charge in [0.05, 0.1) is 33.5 Å². The quantitative estimate of drug-likeness (QED) is 0.237. The van der Waals surface area contributed by atoms with Crippen LogP contribution >= 0.6 is 22.9 Å². The fourth-order valence-corrected chi connectivity index (χ4v) is 5.54. The van der Waals surface area contributed by atoms with E-state index in [4.69, 9.17) is 16.3 Å². The van der Waals surface area contributed by atoms with Crippen LogP contribution in [-0.2, 0) is 16.0 Å². The zero-order valence-corrected chi connectivity index (χ0v) is 19.4. The number of nitrogens with zero attached hydrogens (tertiary/aromatic N) is 3. The van der Waals surface area contributed by atoms with E-state index in [2.05, 4.69) is 9.97 Å². The minimum absolute atomic E-state index is 0.0784. The lowest BCUT2D eigenvalue weighted by Crippen LogP contribution is -2.29. The number of hydrogen-bond donors (Lipinski definition) is 1. The molecular weight excluding hydrogens is 493 g/mol. The first-order valence-corrected chi connectivity index (χ1v) is 11.8. The Labute approximate surface area is 207 Å². The van der Waals surface area contributed by atoms with Crippen LogP contribution in [0.25, 0.3) is 16.0 Å². The summed E-state index contributed by atoms with van der Waals surface area (Å²) in [6.45, 7) is 0.543. The van der Waals surface area contributed by atoms with Crippen molar-refractivity contribution in [3.8, 4) is 5.75 Å². The molecule has 0 aliphatic carbocycles. The van der Waals surface area contributed by atoms with Crippen molar-refractivity contribution in [2.45, 2.75) is 12.5 Å². The molecule has 1 unspecified atom stereocenters. The molecule has 2 aliphatic rings. The van der Waals surface area contributed by atoms with Gasteiger partial charge in [-0.3, -0.25) is 19.5 Å². The number of ketones is 1. The number of aromatic nitrogens is 2. The largest absolute Gasteiger partial charge is 0.507 e. The molecule has 6 rings (SSSR count). The van der Waals surface area contributed by atoms with Gasteiger partial charge in [-0.2, -0.15) is 0 Å². The molecule has 2 aliphatic heterocycles. The van der Waals surface area contributed by atoms with Gasteiger partial charge in [0, 0.05) is 24.4 Å². The van der Waals surface area contributed by atoms with E-state index >= 15 is 0 Å². The molecule has 35 heavy (non-hydrogen) atoms. The average Bonchev–Trinajstić information content (AvgIpc) is 3.55. The number of benzene rings is 2. The number of carbonyl (C=O) groups excluding carboxylic acids is 2. The number of fused-ring (bicyclic) bond motifs is 2. The summed E-state index contributed by atoms with van der Waals surface area (Å²) in [5.41, 5.74) is 2.14. The van der Waals surface area contributed by atoms with E-state index in [-0.39, 0.29) is 21.5 Å². The highest BCUT2D eigenvalue weighted by Gasteiger charge is 2.48. The summed E-state index contributed by atoms with van der Waals surface area (Å²) in [6.07, 6.45) is 3.78. The van der Waals surface area contributed by atoms with Crippen molar-refractivity contribution in [1.82, 2.24) is 9.97 Å². The number of halogens is 2. The molecule has 1 N–H and O–H groups in total. The molecule has 1 amide bonds. The van der Waals surface area contributed by atoms with Gasteiger partial charge in [-0.1, -0.05) is 29.0 Å². The van der Waals surface area contributed by atoms with Crippen molar-refractivity contribution in [3.05, 3.63) is 88.0 Å². The summed E-state index contributed by atoms with van der Waals surface area (Å²) in [4.78, 5) is 36.4. The van der Waals surface area contributed by atoms with Crippen molar-refractivity contribution < 1.29 is 23.8 Å². The zero-order valence-electron chi connectivity index (χ0n) is 17.9. The fraction of sp³-hybridized carbons (Fsp3) is 0.120. The Morgan fingerprint density at radius 1 is 1.23 bits per heavy atom. The third-order valence-corrected chi connectivity index (χ3v) is 7.34. The summed E-state index contributed by atoms with van der Waals surface area (Å²) in [5.74, 6) is -1.89. The number of Topliss-reactive ketones (excluding diaryl/α,β-unsaturated/α-hetero) is 1. The number of hydrogen-bond acceptors (Lipinski definition) is 7. The SMILES string of the molecule is O=C1C(=O)N(c2nc3cc(Cl)c(F)cc3s2)C(c2cccnc2)/C1=C(\O)c1ccc2c(c1)CCO2. The fourth-order valence-electron chi connectivity index (χ4n) is 4.39. The third-order valence-electron chi connectivity index (χ3n) is 6.03. The molecule has 2 aromatic carbocycles. The third kappa shape index (κ3) is 3.46. The second kappa shape index (κ2) is 8.14. The van der Waals surface area contributed by atoms with Crippen LogP contribution in [-0.4, -0.2) is 33.4 Å². The molecule has 0 radical (unpaired) electrons. The first kappa shape index (κ1) is 21.7. The van der Waals surface area contributed by atoms with Gasteiger partial charge in [0.1, 0.15) is 17.3 Å². The maximum atomic E-state index is 14.0. The lowest BCUT2D eigenvalue weighted by Gasteiger charge is -2.22. The van der Waals surface area contributed by atoms with E-state index in [0.717, 1.165) is 22.6 Å². The second-order valence-electron chi connectivity index (χ2n) is 8.11. The number of pyridine rings is 1. The van der Waals surface area contributed by atoms with Crippen LogP contribution in [0.2, 0.25) is 5.02 Å². The predicted octanol–water partition coefficient (Wildman–Crippen LogP) is 5.05. The van der Waals surface area contributed by atoms with E-state index in [1.54, 1.807) is 36.5 Å². The molecule has 0 saturated carbocycles. The normalized spacial score (nSPS) is 18.8. The highest BCUT2D eigenvalue weighted by atomic mass is 35.5. The van der Waals surface area contributed by atoms with Crippen molar-refractivity contribution in [2.75, 3.05) is 11.5 Å². The molecule has 7 nitrogen and oxygen atoms in total. The van der Waals surface area contributed by atoms with Crippen molar-refractivity contribution in [1.29, 1.82) is 0 Å². The predicted molar refractivity (Wildman–Crippen MR) is 129 cm³/mol. The molecule has 10 heteroatoms. The van der Waals surface area contributed by atoms with Crippen LogP contribution in [0, 0.1) is 5.82 Å². The molecule has 174 valence electrons. The van der Waals surface area contributed by atoms with Gasteiger partial charge in [0.2, 0.25) is 0 Å². The zero-order chi connectivity index (χ0) is 24.3. The van der Waals surface area contributed by atoms with Crippen LogP contribution in [0.4, 0.5) is 9.52 Å². The van der Waals surface area contributed by atoms with E-state index in [1.165, 1.54) is 23.2 Å². The summed E-state index contributed by atoms with van der Waals surface area (Å²) in [6, 6.07) is 10.2. The first-order chi connectivity index (χ1) is 16.9. The van der Waals surface area contributed by atoms with Gasteiger partial charge < -0.3 is 9.84 Å². The summed E-state index contributed by atoms with van der Waals surface area (Å²) in [7, 11) is 0. The van der Waals surface area contributed by atoms with Crippen LogP contribution in [0.3, 0.4) is 0 Å². The standard InChI is InChI=1S/C25H15ClFN3O4S/c26-15-9-17-19(10-16(15)27)35-25(29-17)30-21(14-2-1-6-28-11-14)20(23(32)24(30)33)22(31)13-3-4-18-12(8-13)5-7-34-18/h1-4,6,8-11,21,31H,5,7H2/b22-20+. The smallest absolute Gasteiger partial charge is 0.301 e. The molecule has 1 saturated heterocycles. The van der Waals surface area contributed by atoms with Gasteiger partial charge in [0.25, 0.3) is 5.78 Å². The Kier molecular flexibility index (Phi) is 5.05. The number of amides is 1. The molecule has 4 aromatic rings. The van der Waals surface area contributed by atoms with E-state index in [0.29, 0.717) is 34.4 Å². The van der Waals surface area contributed by atoms with E-state index < -0.39 is 23.5 Å². The monoisotopic (exact) mass is 507 g/mol. The maximum absolute atomic E-state index is 14.0. The van der Waals surface area contributed by atoms with Crippen LogP contribution in [0.1, 0.15) is 22.7 Å². The number of anilines is 1. The van der Waals surface area contributed by atoms with Crippen molar-refractivity contribution in [3.63, 3.8) is 0 Å². The van der Waals surface area contributed by atoms with E-state index in [1.807, 2.05) is 0 Å². The van der Waals surface area contributed by atoms with Crippen LogP contribution < -0.4 is 9.64 Å². The number of carbonyl (C=O) groups is 2. The van der Waals surface area contributed by atoms with Gasteiger partial charge in [-0.25, -0.2) is 9.37 Å². The highest BCUT2D eigenvalue weighted by Crippen LogP contribution is 2.44. The Morgan fingerprint density at radius 3 is 2.89 bits per heavy atom. The molecule has 2 aromatic heterocycles. The van der Waals surface area contributed by atoms with Gasteiger partial charge in [-0.05, 0) is 47.5 Å². The van der Waals surface area contributed by atoms with Gasteiger partial charge >= 0.3 is 5.91 Å². The maximum Gasteiger partial charge on any atom is 0.301 e. The van der Waals surface area contributed by atoms with Gasteiger partial charge in [0.15, 0.2) is 5.13 Å². The Hall–Kier alpha value is -3.82. The van der Waals surface area contributed by atoms with Crippen molar-refractivity contribution >= 4 is 55.7 Å². The Morgan fingerprint density at radius 2 is 2.09 bits per heavy atom. The average molecular weight is 508 g/mol.